The van der Waals surface area contributed by atoms with Crippen LogP contribution in [0.25, 0.3) is 0 Å². The van der Waals surface area contributed by atoms with Gasteiger partial charge in [0.05, 0.1) is 6.61 Å². The van der Waals surface area contributed by atoms with Gasteiger partial charge >= 0.3 is 0 Å². The lowest BCUT2D eigenvalue weighted by molar-refractivity contribution is -0.121. The van der Waals surface area contributed by atoms with Crippen LogP contribution in [0.2, 0.25) is 0 Å². The van der Waals surface area contributed by atoms with Crippen LogP contribution in [0.15, 0.2) is 18.2 Å². The monoisotopic (exact) mass is 262 g/mol. The number of hydrogen-bond donors (Lipinski definition) is 2. The number of carbonyl (C=O) groups is 1. The Hall–Kier alpha value is -1.55. The van der Waals surface area contributed by atoms with Gasteiger partial charge in [0.1, 0.15) is 6.61 Å². The van der Waals surface area contributed by atoms with Gasteiger partial charge < -0.3 is 15.8 Å². The molecule has 4 heteroatoms. The highest BCUT2D eigenvalue weighted by Crippen LogP contribution is 2.24. The molecule has 19 heavy (non-hydrogen) atoms. The molecule has 0 saturated heterocycles. The minimum absolute atomic E-state index is 0.116. The number of nitrogens with two attached hydrogens (primary N) is 1. The summed E-state index contributed by atoms with van der Waals surface area (Å²) in [6, 6.07) is 5.48. The Balaban J connectivity index is 1.75. The van der Waals surface area contributed by atoms with Crippen LogP contribution in [0.1, 0.15) is 31.2 Å². The van der Waals surface area contributed by atoms with E-state index >= 15 is 0 Å². The summed E-state index contributed by atoms with van der Waals surface area (Å²) in [5.74, 6) is 0.522. The highest BCUT2D eigenvalue weighted by atomic mass is 16.5. The van der Waals surface area contributed by atoms with E-state index in [1.165, 1.54) is 25.7 Å². The van der Waals surface area contributed by atoms with E-state index in [1.807, 2.05) is 19.1 Å². The van der Waals surface area contributed by atoms with E-state index in [0.29, 0.717) is 18.2 Å². The van der Waals surface area contributed by atoms with Crippen LogP contribution < -0.4 is 11.1 Å². The molecule has 1 aliphatic carbocycles. The number of nitrogens with one attached hydrogen (secondary N) is 1. The van der Waals surface area contributed by atoms with Crippen molar-refractivity contribution in [2.75, 3.05) is 24.3 Å². The van der Waals surface area contributed by atoms with Crippen molar-refractivity contribution < 1.29 is 9.53 Å². The Morgan fingerprint density at radius 2 is 2.16 bits per heavy atom. The Labute approximate surface area is 114 Å². The number of anilines is 2. The second kappa shape index (κ2) is 6.57. The lowest BCUT2D eigenvalue weighted by Crippen LogP contribution is -2.20. The SMILES string of the molecule is Cc1ccc(N)cc1NC(=O)COCC1CCCC1. The molecule has 0 aliphatic heterocycles. The van der Waals surface area contributed by atoms with E-state index in [-0.39, 0.29) is 12.5 Å². The van der Waals surface area contributed by atoms with Gasteiger partial charge in [0.15, 0.2) is 0 Å². The van der Waals surface area contributed by atoms with Gasteiger partial charge in [0.2, 0.25) is 5.91 Å². The zero-order valence-corrected chi connectivity index (χ0v) is 11.4. The Morgan fingerprint density at radius 3 is 2.89 bits per heavy atom. The first-order chi connectivity index (χ1) is 9.15. The van der Waals surface area contributed by atoms with E-state index < -0.39 is 0 Å². The summed E-state index contributed by atoms with van der Waals surface area (Å²) < 4.78 is 5.48. The number of carbonyl (C=O) groups excluding carboxylic acids is 1. The zero-order chi connectivity index (χ0) is 13.7. The quantitative estimate of drug-likeness (QED) is 0.802. The normalized spacial score (nSPS) is 15.6. The van der Waals surface area contributed by atoms with Crippen molar-refractivity contribution in [1.29, 1.82) is 0 Å². The molecule has 104 valence electrons. The summed E-state index contributed by atoms with van der Waals surface area (Å²) in [7, 11) is 0. The molecule has 0 unspecified atom stereocenters. The number of nitrogen functional groups attached to an aromatic ring is 1. The van der Waals surface area contributed by atoms with Crippen molar-refractivity contribution in [2.45, 2.75) is 32.6 Å². The van der Waals surface area contributed by atoms with Crippen LogP contribution in [0, 0.1) is 12.8 Å². The Kier molecular flexibility index (Phi) is 4.80. The van der Waals surface area contributed by atoms with Gasteiger partial charge in [0.25, 0.3) is 0 Å². The number of benzene rings is 1. The van der Waals surface area contributed by atoms with E-state index in [4.69, 9.17) is 10.5 Å². The molecule has 0 aromatic heterocycles. The van der Waals surface area contributed by atoms with Crippen molar-refractivity contribution in [3.63, 3.8) is 0 Å². The van der Waals surface area contributed by atoms with Gasteiger partial charge in [-0.15, -0.1) is 0 Å². The average Bonchev–Trinajstić information content (AvgIpc) is 2.87. The molecule has 1 aromatic rings. The first-order valence-electron chi connectivity index (χ1n) is 6.89. The average molecular weight is 262 g/mol. The molecule has 0 spiro atoms. The van der Waals surface area contributed by atoms with Crippen molar-refractivity contribution in [3.05, 3.63) is 23.8 Å². The molecular weight excluding hydrogens is 240 g/mol. The fourth-order valence-corrected chi connectivity index (χ4v) is 2.46. The maximum absolute atomic E-state index is 11.8. The summed E-state index contributed by atoms with van der Waals surface area (Å²) in [5.41, 5.74) is 8.11. The molecule has 1 saturated carbocycles. The maximum Gasteiger partial charge on any atom is 0.250 e. The summed E-state index contributed by atoms with van der Waals surface area (Å²) in [6.07, 6.45) is 5.05. The third kappa shape index (κ3) is 4.24. The molecular formula is C15H22N2O2. The third-order valence-corrected chi connectivity index (χ3v) is 3.60. The molecule has 0 bridgehead atoms. The smallest absolute Gasteiger partial charge is 0.250 e. The summed E-state index contributed by atoms with van der Waals surface area (Å²) in [5, 5.41) is 2.83. The first kappa shape index (κ1) is 13.9. The summed E-state index contributed by atoms with van der Waals surface area (Å²) in [4.78, 5) is 11.8. The van der Waals surface area contributed by atoms with Gasteiger partial charge in [-0.25, -0.2) is 0 Å². The molecule has 0 atom stereocenters. The standard InChI is InChI=1S/C15H22N2O2/c1-11-6-7-13(16)8-14(11)17-15(18)10-19-9-12-4-2-3-5-12/h6-8,12H,2-5,9-10,16H2,1H3,(H,17,18). The first-order valence-corrected chi connectivity index (χ1v) is 6.89. The number of rotatable bonds is 5. The van der Waals surface area contributed by atoms with Crippen LogP contribution in [0.3, 0.4) is 0 Å². The molecule has 3 N–H and O–H groups in total. The summed E-state index contributed by atoms with van der Waals surface area (Å²) >= 11 is 0. The number of ether oxygens (including phenoxy) is 1. The lowest BCUT2D eigenvalue weighted by Gasteiger charge is -2.11. The van der Waals surface area contributed by atoms with Crippen LogP contribution >= 0.6 is 0 Å². The maximum atomic E-state index is 11.8. The number of aryl methyl sites for hydroxylation is 1. The fraction of sp³-hybridized carbons (Fsp3) is 0.533. The number of amides is 1. The molecule has 2 rings (SSSR count). The van der Waals surface area contributed by atoms with Crippen LogP contribution in [0.5, 0.6) is 0 Å². The third-order valence-electron chi connectivity index (χ3n) is 3.60. The minimum atomic E-state index is -0.119. The van der Waals surface area contributed by atoms with E-state index in [2.05, 4.69) is 5.32 Å². The van der Waals surface area contributed by atoms with Gasteiger partial charge in [-0.1, -0.05) is 18.9 Å². The molecule has 1 amide bonds. The largest absolute Gasteiger partial charge is 0.399 e. The second-order valence-corrected chi connectivity index (χ2v) is 5.29. The molecule has 0 radical (unpaired) electrons. The van der Waals surface area contributed by atoms with Crippen molar-refractivity contribution in [1.82, 2.24) is 0 Å². The van der Waals surface area contributed by atoms with Crippen LogP contribution in [-0.2, 0) is 9.53 Å². The van der Waals surface area contributed by atoms with Crippen molar-refractivity contribution >= 4 is 17.3 Å². The van der Waals surface area contributed by atoms with E-state index in [0.717, 1.165) is 11.3 Å². The lowest BCUT2D eigenvalue weighted by atomic mass is 10.1. The molecule has 1 aromatic carbocycles. The molecule has 1 fully saturated rings. The summed E-state index contributed by atoms with van der Waals surface area (Å²) in [6.45, 7) is 2.75. The van der Waals surface area contributed by atoms with E-state index in [9.17, 15) is 4.79 Å². The van der Waals surface area contributed by atoms with Gasteiger partial charge in [-0.3, -0.25) is 4.79 Å². The predicted octanol–water partition coefficient (Wildman–Crippen LogP) is 2.72. The Bertz CT molecular complexity index is 440. The van der Waals surface area contributed by atoms with Crippen molar-refractivity contribution in [2.24, 2.45) is 5.92 Å². The van der Waals surface area contributed by atoms with E-state index in [1.54, 1.807) is 6.07 Å². The minimum Gasteiger partial charge on any atom is -0.399 e. The fourth-order valence-electron chi connectivity index (χ4n) is 2.46. The molecule has 1 aliphatic rings. The van der Waals surface area contributed by atoms with Gasteiger partial charge in [-0.05, 0) is 43.4 Å². The topological polar surface area (TPSA) is 64.3 Å². The van der Waals surface area contributed by atoms with Gasteiger partial charge in [-0.2, -0.15) is 0 Å². The van der Waals surface area contributed by atoms with Crippen molar-refractivity contribution in [3.8, 4) is 0 Å². The zero-order valence-electron chi connectivity index (χ0n) is 11.4. The highest BCUT2D eigenvalue weighted by Gasteiger charge is 2.15. The molecule has 0 heterocycles. The van der Waals surface area contributed by atoms with Crippen LogP contribution in [0.4, 0.5) is 11.4 Å². The Morgan fingerprint density at radius 1 is 1.42 bits per heavy atom. The van der Waals surface area contributed by atoms with Crippen LogP contribution in [-0.4, -0.2) is 19.1 Å². The highest BCUT2D eigenvalue weighted by molar-refractivity contribution is 5.92. The second-order valence-electron chi connectivity index (χ2n) is 5.29. The van der Waals surface area contributed by atoms with Gasteiger partial charge in [0, 0.05) is 11.4 Å². The number of hydrogen-bond acceptors (Lipinski definition) is 3. The molecule has 4 nitrogen and oxygen atoms in total. The predicted molar refractivity (Wildman–Crippen MR) is 77.0 cm³/mol.